The van der Waals surface area contributed by atoms with Crippen molar-refractivity contribution in [2.24, 2.45) is 11.3 Å². The smallest absolute Gasteiger partial charge is 0.138 e. The lowest BCUT2D eigenvalue weighted by molar-refractivity contribution is -0.128. The van der Waals surface area contributed by atoms with Crippen LogP contribution in [0.4, 0.5) is 0 Å². The summed E-state index contributed by atoms with van der Waals surface area (Å²) in [5.41, 5.74) is 0.578. The van der Waals surface area contributed by atoms with E-state index in [9.17, 15) is 4.79 Å². The maximum absolute atomic E-state index is 11.5. The lowest BCUT2D eigenvalue weighted by atomic mass is 9.90. The summed E-state index contributed by atoms with van der Waals surface area (Å²) in [6, 6.07) is 0.452. The van der Waals surface area contributed by atoms with Crippen molar-refractivity contribution in [3.05, 3.63) is 0 Å². The van der Waals surface area contributed by atoms with Crippen LogP contribution in [0, 0.1) is 11.3 Å². The van der Waals surface area contributed by atoms with Gasteiger partial charge in [0, 0.05) is 31.5 Å². The number of Topliss-reactive ketones (excluding diaryl/α,β-unsaturated/α-hetero) is 1. The maximum Gasteiger partial charge on any atom is 0.138 e. The molecule has 0 N–H and O–H groups in total. The summed E-state index contributed by atoms with van der Waals surface area (Å²) in [6.07, 6.45) is 3.51. The van der Waals surface area contributed by atoms with E-state index in [0.717, 1.165) is 13.0 Å². The molecule has 0 bridgehead atoms. The van der Waals surface area contributed by atoms with Crippen molar-refractivity contribution < 1.29 is 4.79 Å². The first-order valence-electron chi connectivity index (χ1n) is 5.79. The number of rotatable bonds is 2. The Balaban J connectivity index is 1.96. The molecule has 2 nitrogen and oxygen atoms in total. The van der Waals surface area contributed by atoms with E-state index in [0.29, 0.717) is 17.2 Å². The van der Waals surface area contributed by atoms with E-state index < -0.39 is 0 Å². The molecule has 2 aliphatic rings. The minimum Gasteiger partial charge on any atom is -0.299 e. The van der Waals surface area contributed by atoms with E-state index in [-0.39, 0.29) is 5.92 Å². The third-order valence-corrected chi connectivity index (χ3v) is 4.14. The quantitative estimate of drug-likeness (QED) is 0.672. The number of ketones is 1. The van der Waals surface area contributed by atoms with Crippen molar-refractivity contribution in [2.75, 3.05) is 13.1 Å². The zero-order valence-electron chi connectivity index (χ0n) is 9.55. The molecule has 1 saturated heterocycles. The minimum absolute atomic E-state index is 0.242. The summed E-state index contributed by atoms with van der Waals surface area (Å²) in [4.78, 5) is 14.0. The molecule has 0 spiro atoms. The van der Waals surface area contributed by atoms with Crippen LogP contribution < -0.4 is 0 Å². The van der Waals surface area contributed by atoms with E-state index in [1.807, 2.05) is 0 Å². The highest BCUT2D eigenvalue weighted by molar-refractivity contribution is 5.82. The van der Waals surface area contributed by atoms with Crippen LogP contribution in [0.25, 0.3) is 0 Å². The van der Waals surface area contributed by atoms with E-state index in [2.05, 4.69) is 25.7 Å². The molecule has 0 aromatic carbocycles. The average Bonchev–Trinajstić information content (AvgIpc) is 2.86. The Morgan fingerprint density at radius 1 is 1.43 bits per heavy atom. The van der Waals surface area contributed by atoms with Gasteiger partial charge in [-0.2, -0.15) is 0 Å². The van der Waals surface area contributed by atoms with Gasteiger partial charge in [0.05, 0.1) is 0 Å². The SMILES string of the molecule is CC1C(=O)CCN(CC2(C)CC2)C1C. The number of nitrogens with zero attached hydrogens (tertiary/aromatic N) is 1. The molecule has 80 valence electrons. The summed E-state index contributed by atoms with van der Waals surface area (Å²) in [5, 5.41) is 0. The molecule has 2 fully saturated rings. The van der Waals surface area contributed by atoms with Gasteiger partial charge in [-0.15, -0.1) is 0 Å². The fourth-order valence-corrected chi connectivity index (χ4v) is 2.36. The Hall–Kier alpha value is -0.370. The van der Waals surface area contributed by atoms with Crippen molar-refractivity contribution in [1.82, 2.24) is 4.90 Å². The predicted molar refractivity (Wildman–Crippen MR) is 57.2 cm³/mol. The Bertz CT molecular complexity index is 245. The largest absolute Gasteiger partial charge is 0.299 e. The first-order valence-corrected chi connectivity index (χ1v) is 5.79. The van der Waals surface area contributed by atoms with Gasteiger partial charge in [0.15, 0.2) is 0 Å². The van der Waals surface area contributed by atoms with Crippen LogP contribution in [0.3, 0.4) is 0 Å². The highest BCUT2D eigenvalue weighted by atomic mass is 16.1. The summed E-state index contributed by atoms with van der Waals surface area (Å²) < 4.78 is 0. The molecule has 1 saturated carbocycles. The molecule has 1 heterocycles. The molecule has 2 unspecified atom stereocenters. The van der Waals surface area contributed by atoms with E-state index >= 15 is 0 Å². The summed E-state index contributed by atoms with van der Waals surface area (Å²) in [5.74, 6) is 0.695. The maximum atomic E-state index is 11.5. The third-order valence-electron chi connectivity index (χ3n) is 4.14. The standard InChI is InChI=1S/C12H21NO/c1-9-10(2)13(7-4-11(9)14)8-12(3)5-6-12/h9-10H,4-8H2,1-3H3. The molecule has 14 heavy (non-hydrogen) atoms. The van der Waals surface area contributed by atoms with Gasteiger partial charge in [-0.25, -0.2) is 0 Å². The van der Waals surface area contributed by atoms with Crippen LogP contribution in [0.2, 0.25) is 0 Å². The second kappa shape index (κ2) is 3.34. The normalized spacial score (nSPS) is 37.2. The van der Waals surface area contributed by atoms with Crippen LogP contribution in [-0.4, -0.2) is 29.8 Å². The van der Waals surface area contributed by atoms with Crippen LogP contribution in [0.15, 0.2) is 0 Å². The van der Waals surface area contributed by atoms with Crippen molar-refractivity contribution in [1.29, 1.82) is 0 Å². The number of carbonyl (C=O) groups is 1. The second-order valence-electron chi connectivity index (χ2n) is 5.53. The Morgan fingerprint density at radius 2 is 2.07 bits per heavy atom. The number of piperidine rings is 1. The molecule has 1 aliphatic heterocycles. The van der Waals surface area contributed by atoms with Crippen LogP contribution >= 0.6 is 0 Å². The molecular weight excluding hydrogens is 174 g/mol. The highest BCUT2D eigenvalue weighted by Gasteiger charge is 2.41. The molecule has 0 amide bonds. The number of hydrogen-bond donors (Lipinski definition) is 0. The van der Waals surface area contributed by atoms with Crippen LogP contribution in [0.1, 0.15) is 40.0 Å². The Labute approximate surface area is 86.7 Å². The first kappa shape index (κ1) is 10.2. The predicted octanol–water partition coefficient (Wildman–Crippen LogP) is 2.09. The van der Waals surface area contributed by atoms with E-state index in [1.54, 1.807) is 0 Å². The fourth-order valence-electron chi connectivity index (χ4n) is 2.36. The van der Waals surface area contributed by atoms with E-state index in [4.69, 9.17) is 0 Å². The van der Waals surface area contributed by atoms with E-state index in [1.165, 1.54) is 19.4 Å². The van der Waals surface area contributed by atoms with Gasteiger partial charge in [0.2, 0.25) is 0 Å². The summed E-state index contributed by atoms with van der Waals surface area (Å²) in [7, 11) is 0. The zero-order valence-corrected chi connectivity index (χ0v) is 9.55. The van der Waals surface area contributed by atoms with Crippen molar-refractivity contribution in [3.63, 3.8) is 0 Å². The zero-order chi connectivity index (χ0) is 10.3. The Kier molecular flexibility index (Phi) is 2.42. The van der Waals surface area contributed by atoms with Gasteiger partial charge in [-0.05, 0) is 25.2 Å². The first-order chi connectivity index (χ1) is 6.52. The monoisotopic (exact) mass is 195 g/mol. The summed E-state index contributed by atoms with van der Waals surface area (Å²) >= 11 is 0. The second-order valence-corrected chi connectivity index (χ2v) is 5.53. The lowest BCUT2D eigenvalue weighted by Crippen LogP contribution is -2.48. The molecule has 0 aromatic heterocycles. The van der Waals surface area contributed by atoms with Gasteiger partial charge >= 0.3 is 0 Å². The van der Waals surface area contributed by atoms with Gasteiger partial charge in [0.1, 0.15) is 5.78 Å². The van der Waals surface area contributed by atoms with Gasteiger partial charge < -0.3 is 0 Å². The topological polar surface area (TPSA) is 20.3 Å². The third kappa shape index (κ3) is 1.85. The van der Waals surface area contributed by atoms with Crippen LogP contribution in [-0.2, 0) is 4.79 Å². The van der Waals surface area contributed by atoms with Crippen molar-refractivity contribution in [2.45, 2.75) is 46.1 Å². The number of carbonyl (C=O) groups excluding carboxylic acids is 1. The average molecular weight is 195 g/mol. The van der Waals surface area contributed by atoms with Gasteiger partial charge in [-0.1, -0.05) is 13.8 Å². The highest BCUT2D eigenvalue weighted by Crippen LogP contribution is 2.46. The van der Waals surface area contributed by atoms with Crippen molar-refractivity contribution in [3.8, 4) is 0 Å². The van der Waals surface area contributed by atoms with Crippen molar-refractivity contribution >= 4 is 5.78 Å². The van der Waals surface area contributed by atoms with Gasteiger partial charge in [-0.3, -0.25) is 9.69 Å². The lowest BCUT2D eigenvalue weighted by Gasteiger charge is -2.38. The molecule has 2 atom stereocenters. The molecular formula is C12H21NO. The number of hydrogen-bond acceptors (Lipinski definition) is 2. The van der Waals surface area contributed by atoms with Crippen LogP contribution in [0.5, 0.6) is 0 Å². The summed E-state index contributed by atoms with van der Waals surface area (Å²) in [6.45, 7) is 8.83. The number of likely N-dealkylation sites (tertiary alicyclic amines) is 1. The molecule has 0 aromatic rings. The molecule has 2 heteroatoms. The fraction of sp³-hybridized carbons (Fsp3) is 0.917. The molecule has 1 aliphatic carbocycles. The molecule has 2 rings (SSSR count). The Morgan fingerprint density at radius 3 is 2.64 bits per heavy atom. The molecule has 0 radical (unpaired) electrons. The van der Waals surface area contributed by atoms with Gasteiger partial charge in [0.25, 0.3) is 0 Å². The minimum atomic E-state index is 0.242.